The second-order valence-corrected chi connectivity index (χ2v) is 9.00. The normalized spacial score (nSPS) is 21.4. The highest BCUT2D eigenvalue weighted by molar-refractivity contribution is 6.31. The molecular formula is C26H27N5O3. The predicted octanol–water partition coefficient (Wildman–Crippen LogP) is 3.56. The van der Waals surface area contributed by atoms with Crippen molar-refractivity contribution in [2.45, 2.75) is 32.9 Å². The number of anilines is 2. The van der Waals surface area contributed by atoms with E-state index in [2.05, 4.69) is 34.7 Å². The maximum absolute atomic E-state index is 12.7. The lowest BCUT2D eigenvalue weighted by Crippen LogP contribution is -2.54. The van der Waals surface area contributed by atoms with Crippen LogP contribution in [0.3, 0.4) is 0 Å². The molecule has 0 unspecified atom stereocenters. The number of nitrogens with zero attached hydrogens (tertiary/aromatic N) is 2. The van der Waals surface area contributed by atoms with Crippen molar-refractivity contribution in [3.05, 3.63) is 71.9 Å². The van der Waals surface area contributed by atoms with E-state index < -0.39 is 11.8 Å². The van der Waals surface area contributed by atoms with Crippen LogP contribution in [0.15, 0.2) is 59.7 Å². The summed E-state index contributed by atoms with van der Waals surface area (Å²) in [4.78, 5) is 32.1. The Morgan fingerprint density at radius 1 is 1.06 bits per heavy atom. The summed E-state index contributed by atoms with van der Waals surface area (Å²) in [6, 6.07) is 10.1. The fourth-order valence-electron chi connectivity index (χ4n) is 4.71. The number of hydrogen-bond donors (Lipinski definition) is 3. The number of nitrogens with one attached hydrogen (secondary N) is 3. The first kappa shape index (κ1) is 21.9. The lowest BCUT2D eigenvalue weighted by Gasteiger charge is -2.37. The third-order valence-corrected chi connectivity index (χ3v) is 6.17. The fraction of sp³-hybridized carbons (Fsp3) is 0.269. The summed E-state index contributed by atoms with van der Waals surface area (Å²) in [6.45, 7) is 8.19. The molecular weight excluding hydrogens is 430 g/mol. The molecule has 174 valence electrons. The van der Waals surface area contributed by atoms with Crippen molar-refractivity contribution >= 4 is 28.9 Å². The molecule has 2 aliphatic rings. The van der Waals surface area contributed by atoms with Gasteiger partial charge in [-0.2, -0.15) is 0 Å². The van der Waals surface area contributed by atoms with Gasteiger partial charge >= 0.3 is 0 Å². The Labute approximate surface area is 198 Å². The van der Waals surface area contributed by atoms with Crippen LogP contribution in [0.2, 0.25) is 0 Å². The van der Waals surface area contributed by atoms with Crippen molar-refractivity contribution in [2.75, 3.05) is 23.3 Å². The summed E-state index contributed by atoms with van der Waals surface area (Å²) < 4.78 is 5.18. The van der Waals surface area contributed by atoms with E-state index in [-0.39, 0.29) is 0 Å². The molecule has 0 spiro atoms. The zero-order chi connectivity index (χ0) is 23.8. The zero-order valence-electron chi connectivity index (χ0n) is 19.4. The van der Waals surface area contributed by atoms with Crippen molar-refractivity contribution in [3.8, 4) is 11.1 Å². The number of carbonyl (C=O) groups is 2. The van der Waals surface area contributed by atoms with E-state index in [1.54, 1.807) is 31.0 Å². The molecule has 1 saturated heterocycles. The molecule has 2 amide bonds. The fourth-order valence-corrected chi connectivity index (χ4v) is 4.71. The molecule has 5 rings (SSSR count). The van der Waals surface area contributed by atoms with E-state index in [1.807, 2.05) is 31.2 Å². The molecule has 0 saturated carbocycles. The molecule has 0 bridgehead atoms. The standard InChI is InChI=1S/C26H27N5O3/c1-15-8-20(10-28-24(15)31-12-16(2)29-17(3)13-31)27-11-23-22-9-18(19-6-7-34-14-19)4-5-21(22)25(32)30-26(23)33/h4-11,14,16-17,27,29H,12-13H2,1-3H3,(H,30,32,33)/t16-,17+. The van der Waals surface area contributed by atoms with Gasteiger partial charge in [-0.3, -0.25) is 14.9 Å². The van der Waals surface area contributed by atoms with Crippen LogP contribution in [0, 0.1) is 6.92 Å². The summed E-state index contributed by atoms with van der Waals surface area (Å²) in [6.07, 6.45) is 6.62. The Bertz CT molecular complexity index is 1270. The van der Waals surface area contributed by atoms with Crippen LogP contribution in [0.1, 0.15) is 35.3 Å². The number of fused-ring (bicyclic) bond motifs is 1. The molecule has 4 heterocycles. The van der Waals surface area contributed by atoms with E-state index in [4.69, 9.17) is 9.40 Å². The Kier molecular flexibility index (Phi) is 5.67. The summed E-state index contributed by atoms with van der Waals surface area (Å²) in [7, 11) is 0. The van der Waals surface area contributed by atoms with Crippen LogP contribution < -0.4 is 20.9 Å². The highest BCUT2D eigenvalue weighted by atomic mass is 16.3. The van der Waals surface area contributed by atoms with Crippen molar-refractivity contribution in [2.24, 2.45) is 0 Å². The molecule has 0 radical (unpaired) electrons. The highest BCUT2D eigenvalue weighted by Crippen LogP contribution is 2.30. The molecule has 8 nitrogen and oxygen atoms in total. The van der Waals surface area contributed by atoms with E-state index in [0.29, 0.717) is 28.8 Å². The number of imide groups is 1. The molecule has 2 aromatic heterocycles. The van der Waals surface area contributed by atoms with Crippen molar-refractivity contribution < 1.29 is 14.0 Å². The van der Waals surface area contributed by atoms with Crippen molar-refractivity contribution in [3.63, 3.8) is 0 Å². The maximum atomic E-state index is 12.7. The summed E-state index contributed by atoms with van der Waals surface area (Å²) in [5, 5.41) is 9.15. The van der Waals surface area contributed by atoms with Gasteiger partial charge in [-0.05, 0) is 56.2 Å². The van der Waals surface area contributed by atoms with E-state index >= 15 is 0 Å². The molecule has 0 aliphatic carbocycles. The number of aryl methyl sites for hydroxylation is 1. The average molecular weight is 458 g/mol. The Hall–Kier alpha value is -3.91. The number of aromatic nitrogens is 1. The number of rotatable bonds is 4. The van der Waals surface area contributed by atoms with Gasteiger partial charge in [0.05, 0.1) is 30.0 Å². The predicted molar refractivity (Wildman–Crippen MR) is 131 cm³/mol. The Balaban J connectivity index is 1.43. The highest BCUT2D eigenvalue weighted by Gasteiger charge is 2.28. The number of piperazine rings is 1. The minimum Gasteiger partial charge on any atom is -0.472 e. The first-order chi connectivity index (χ1) is 16.4. The molecule has 8 heteroatoms. The van der Waals surface area contributed by atoms with Gasteiger partial charge in [0.2, 0.25) is 0 Å². The van der Waals surface area contributed by atoms with Gasteiger partial charge in [0.1, 0.15) is 5.82 Å². The molecule has 2 atom stereocenters. The van der Waals surface area contributed by atoms with Crippen LogP contribution in [-0.4, -0.2) is 42.0 Å². The van der Waals surface area contributed by atoms with Crippen LogP contribution in [0.25, 0.3) is 16.7 Å². The van der Waals surface area contributed by atoms with Crippen molar-refractivity contribution in [1.82, 2.24) is 15.6 Å². The number of amides is 2. The van der Waals surface area contributed by atoms with Gasteiger partial charge in [-0.15, -0.1) is 0 Å². The second-order valence-electron chi connectivity index (χ2n) is 9.00. The van der Waals surface area contributed by atoms with Gasteiger partial charge in [0.25, 0.3) is 11.8 Å². The van der Waals surface area contributed by atoms with Gasteiger partial charge in [0.15, 0.2) is 0 Å². The first-order valence-corrected chi connectivity index (χ1v) is 11.4. The van der Waals surface area contributed by atoms with Crippen LogP contribution in [0.4, 0.5) is 11.5 Å². The molecule has 3 N–H and O–H groups in total. The van der Waals surface area contributed by atoms with E-state index in [1.165, 1.54) is 0 Å². The minimum absolute atomic E-state index is 0.381. The van der Waals surface area contributed by atoms with Crippen molar-refractivity contribution in [1.29, 1.82) is 0 Å². The largest absolute Gasteiger partial charge is 0.472 e. The summed E-state index contributed by atoms with van der Waals surface area (Å²) >= 11 is 0. The molecule has 3 aromatic rings. The number of carbonyl (C=O) groups excluding carboxylic acids is 2. The van der Waals surface area contributed by atoms with Gasteiger partial charge in [-0.25, -0.2) is 4.98 Å². The van der Waals surface area contributed by atoms with Crippen LogP contribution in [0.5, 0.6) is 0 Å². The molecule has 2 aliphatic heterocycles. The van der Waals surface area contributed by atoms with Gasteiger partial charge in [0, 0.05) is 48.1 Å². The smallest absolute Gasteiger partial charge is 0.260 e. The monoisotopic (exact) mass is 457 g/mol. The molecule has 1 fully saturated rings. The molecule has 34 heavy (non-hydrogen) atoms. The third-order valence-electron chi connectivity index (χ3n) is 6.17. The number of furan rings is 1. The molecule has 1 aromatic carbocycles. The van der Waals surface area contributed by atoms with E-state index in [0.717, 1.165) is 41.3 Å². The number of pyridine rings is 1. The summed E-state index contributed by atoms with van der Waals surface area (Å²) in [5.41, 5.74) is 4.96. The second kappa shape index (κ2) is 8.79. The topological polar surface area (TPSA) is 99.5 Å². The maximum Gasteiger partial charge on any atom is 0.260 e. The number of benzene rings is 1. The lowest BCUT2D eigenvalue weighted by molar-refractivity contribution is -0.114. The zero-order valence-corrected chi connectivity index (χ0v) is 19.4. The SMILES string of the molecule is Cc1cc(NC=C2C(=O)NC(=O)c3ccc(-c4ccoc4)cc32)cnc1N1C[C@@H](C)N[C@@H](C)C1. The third kappa shape index (κ3) is 4.20. The van der Waals surface area contributed by atoms with Crippen LogP contribution in [-0.2, 0) is 4.79 Å². The minimum atomic E-state index is -0.445. The van der Waals surface area contributed by atoms with Crippen LogP contribution >= 0.6 is 0 Å². The Morgan fingerprint density at radius 3 is 2.56 bits per heavy atom. The summed E-state index contributed by atoms with van der Waals surface area (Å²) in [5.74, 6) is 0.117. The van der Waals surface area contributed by atoms with Gasteiger partial charge < -0.3 is 20.0 Å². The quantitative estimate of drug-likeness (QED) is 0.407. The lowest BCUT2D eigenvalue weighted by atomic mass is 9.92. The van der Waals surface area contributed by atoms with Gasteiger partial charge in [-0.1, -0.05) is 6.07 Å². The average Bonchev–Trinajstić information content (AvgIpc) is 3.33. The Morgan fingerprint density at radius 2 is 1.85 bits per heavy atom. The number of hydrogen-bond acceptors (Lipinski definition) is 7. The van der Waals surface area contributed by atoms with E-state index in [9.17, 15) is 9.59 Å². The first-order valence-electron chi connectivity index (χ1n) is 11.4.